The van der Waals surface area contributed by atoms with Gasteiger partial charge in [-0.2, -0.15) is 17.2 Å². The molecule has 0 saturated heterocycles. The summed E-state index contributed by atoms with van der Waals surface area (Å²) in [4.78, 5) is 0. The molecule has 0 heterocycles. The van der Waals surface area contributed by atoms with Gasteiger partial charge in [-0.1, -0.05) is 26.7 Å². The molecule has 1 unspecified atom stereocenters. The molecule has 0 fully saturated rings. The maximum atomic E-state index is 3.36. The summed E-state index contributed by atoms with van der Waals surface area (Å²) in [6, 6.07) is 0. The van der Waals surface area contributed by atoms with Crippen LogP contribution in [-0.2, 0) is 23.9 Å². The Kier molecular flexibility index (Phi) is 18.0. The molecule has 3 heteroatoms. The Morgan fingerprint density at radius 3 is 1.80 bits per heavy atom. The third-order valence-corrected chi connectivity index (χ3v) is 2.82. The van der Waals surface area contributed by atoms with E-state index in [0.29, 0.717) is 5.92 Å². The molecular formula is C17H26Cl2Hf. The van der Waals surface area contributed by atoms with Crippen molar-refractivity contribution in [1.82, 2.24) is 0 Å². The minimum atomic E-state index is 0. The summed E-state index contributed by atoms with van der Waals surface area (Å²) in [5, 5.41) is 0. The van der Waals surface area contributed by atoms with E-state index in [-0.39, 0.29) is 24.8 Å². The van der Waals surface area contributed by atoms with E-state index in [1.807, 2.05) is 12.2 Å². The van der Waals surface area contributed by atoms with E-state index in [0.717, 1.165) is 6.42 Å². The zero-order valence-corrected chi connectivity index (χ0v) is 18.6. The van der Waals surface area contributed by atoms with E-state index in [9.17, 15) is 0 Å². The molecule has 0 spiro atoms. The van der Waals surface area contributed by atoms with E-state index in [1.54, 1.807) is 3.26 Å². The van der Waals surface area contributed by atoms with Gasteiger partial charge in [0.2, 0.25) is 0 Å². The van der Waals surface area contributed by atoms with Gasteiger partial charge in [-0.25, -0.2) is 17.7 Å². The fourth-order valence-electron chi connectivity index (χ4n) is 1.50. The minimum absolute atomic E-state index is 0. The topological polar surface area (TPSA) is 0 Å². The minimum Gasteiger partial charge on any atom is -0.273 e. The number of allylic oxidation sites excluding steroid dienone is 8. The molecule has 0 radical (unpaired) electrons. The van der Waals surface area contributed by atoms with Crippen molar-refractivity contribution in [3.05, 3.63) is 47.1 Å². The molecule has 0 N–H and O–H groups in total. The zero-order chi connectivity index (χ0) is 14.1. The number of hydrogen-bond donors (Lipinski definition) is 0. The molecule has 2 rings (SSSR count). The summed E-state index contributed by atoms with van der Waals surface area (Å²) < 4.78 is 1.56. The van der Waals surface area contributed by atoms with Crippen molar-refractivity contribution in [2.24, 2.45) is 5.92 Å². The van der Waals surface area contributed by atoms with Crippen molar-refractivity contribution in [3.63, 3.8) is 0 Å². The van der Waals surface area contributed by atoms with E-state index in [2.05, 4.69) is 59.8 Å². The fourth-order valence-corrected chi connectivity index (χ4v) is 1.50. The molecule has 112 valence electrons. The quantitative estimate of drug-likeness (QED) is 0.313. The predicted molar refractivity (Wildman–Crippen MR) is 92.4 cm³/mol. The van der Waals surface area contributed by atoms with Crippen molar-refractivity contribution >= 4 is 28.1 Å². The molecule has 0 aromatic carbocycles. The summed E-state index contributed by atoms with van der Waals surface area (Å²) in [6.45, 7) is 13.0. The molecule has 2 aliphatic rings. The van der Waals surface area contributed by atoms with Crippen LogP contribution in [0.5, 0.6) is 0 Å². The molecular weight excluding hydrogens is 454 g/mol. The van der Waals surface area contributed by atoms with Gasteiger partial charge in [0, 0.05) is 0 Å². The van der Waals surface area contributed by atoms with Crippen LogP contribution in [0.3, 0.4) is 0 Å². The average molecular weight is 480 g/mol. The first-order chi connectivity index (χ1) is 8.36. The van der Waals surface area contributed by atoms with Crippen LogP contribution in [0.2, 0.25) is 0 Å². The predicted octanol–water partition coefficient (Wildman–Crippen LogP) is 5.62. The Hall–Kier alpha value is 0.280. The van der Waals surface area contributed by atoms with Gasteiger partial charge in [0.1, 0.15) is 0 Å². The molecule has 0 saturated carbocycles. The molecule has 0 aromatic heterocycles. The zero-order valence-electron chi connectivity index (χ0n) is 13.3. The van der Waals surface area contributed by atoms with Crippen molar-refractivity contribution in [3.8, 4) is 0 Å². The summed E-state index contributed by atoms with van der Waals surface area (Å²) in [6.07, 6.45) is 13.4. The second-order valence-corrected chi connectivity index (χ2v) is 8.39. The molecule has 2 aliphatic carbocycles. The van der Waals surface area contributed by atoms with Crippen LogP contribution in [0.25, 0.3) is 0 Å². The monoisotopic (exact) mass is 480 g/mol. The van der Waals surface area contributed by atoms with Crippen molar-refractivity contribution < 1.29 is 23.9 Å². The first kappa shape index (κ1) is 25.2. The normalized spacial score (nSPS) is 18.0. The first-order valence-corrected chi connectivity index (χ1v) is 8.17. The molecule has 1 atom stereocenters. The Balaban J connectivity index is -0.000000228. The van der Waals surface area contributed by atoms with Crippen molar-refractivity contribution in [1.29, 1.82) is 0 Å². The van der Waals surface area contributed by atoms with E-state index in [1.165, 1.54) is 40.6 Å². The van der Waals surface area contributed by atoms with Gasteiger partial charge in [0.15, 0.2) is 0 Å². The van der Waals surface area contributed by atoms with Gasteiger partial charge in [-0.15, -0.1) is 38.2 Å². The first-order valence-electron chi connectivity index (χ1n) is 6.37. The van der Waals surface area contributed by atoms with Crippen molar-refractivity contribution in [2.75, 3.05) is 0 Å². The van der Waals surface area contributed by atoms with Crippen LogP contribution in [0.1, 0.15) is 48.0 Å². The summed E-state index contributed by atoms with van der Waals surface area (Å²) >= 11 is 1.27. The van der Waals surface area contributed by atoms with Crippen LogP contribution in [-0.4, -0.2) is 3.26 Å². The van der Waals surface area contributed by atoms with Gasteiger partial charge < -0.3 is 0 Å². The Bertz CT molecular complexity index is 387. The van der Waals surface area contributed by atoms with Crippen LogP contribution in [0.15, 0.2) is 34.9 Å². The molecule has 0 aliphatic heterocycles. The molecule has 0 aromatic rings. The van der Waals surface area contributed by atoms with Gasteiger partial charge >= 0.3 is 41.0 Å². The van der Waals surface area contributed by atoms with Gasteiger partial charge in [0.25, 0.3) is 0 Å². The van der Waals surface area contributed by atoms with E-state index >= 15 is 0 Å². The molecule has 0 bridgehead atoms. The third-order valence-electron chi connectivity index (χ3n) is 2.82. The summed E-state index contributed by atoms with van der Waals surface area (Å²) in [5.41, 5.74) is 4.25. The SMILES string of the molecule is CC1=[C-]C(C)C(C)=C1C.C[C](C)=[Hf+2].Cl.Cl.[C-]1=CC=CC1. The number of hydrogen-bond acceptors (Lipinski definition) is 0. The summed E-state index contributed by atoms with van der Waals surface area (Å²) in [7, 11) is 0. The largest absolute Gasteiger partial charge is 0.273 e. The average Bonchev–Trinajstić information content (AvgIpc) is 2.89. The van der Waals surface area contributed by atoms with Gasteiger partial charge in [-0.05, 0) is 0 Å². The van der Waals surface area contributed by atoms with Crippen LogP contribution in [0, 0.1) is 18.1 Å². The van der Waals surface area contributed by atoms with Crippen LogP contribution < -0.4 is 0 Å². The maximum absolute atomic E-state index is 3.36. The van der Waals surface area contributed by atoms with Gasteiger partial charge in [0.05, 0.1) is 0 Å². The van der Waals surface area contributed by atoms with Crippen LogP contribution in [0.4, 0.5) is 0 Å². The number of rotatable bonds is 0. The maximum Gasteiger partial charge on any atom is -0.109 e. The summed E-state index contributed by atoms with van der Waals surface area (Å²) in [5.74, 6) is 0.560. The smallest absolute Gasteiger partial charge is 0.109 e. The third kappa shape index (κ3) is 12.1. The molecule has 20 heavy (non-hydrogen) atoms. The molecule has 0 amide bonds. The van der Waals surface area contributed by atoms with Gasteiger partial charge in [-0.3, -0.25) is 12.2 Å². The van der Waals surface area contributed by atoms with E-state index < -0.39 is 0 Å². The van der Waals surface area contributed by atoms with Crippen molar-refractivity contribution in [2.45, 2.75) is 48.0 Å². The Morgan fingerprint density at radius 2 is 1.70 bits per heavy atom. The standard InChI is InChI=1S/C9H13.C5H5.C3H6.2ClH.Hf/c1-6-5-7(2)9(4)8(6)3;1-2-4-5-3-1;1-3-2;;;/h6H,1-4H3;1-3H,4H2;1-2H3;2*1H;/q2*-1;;;;+2. The molecule has 0 nitrogen and oxygen atoms in total. The second-order valence-electron chi connectivity index (χ2n) is 4.80. The second kappa shape index (κ2) is 14.2. The van der Waals surface area contributed by atoms with E-state index in [4.69, 9.17) is 0 Å². The van der Waals surface area contributed by atoms with Crippen LogP contribution >= 0.6 is 24.8 Å². The Labute approximate surface area is 152 Å². The number of halogens is 2. The fraction of sp³-hybridized carbons (Fsp3) is 0.471. The Morgan fingerprint density at radius 1 is 1.20 bits per heavy atom.